The zero-order valence-corrected chi connectivity index (χ0v) is 13.2. The Balaban J connectivity index is 2.16. The van der Waals surface area contributed by atoms with E-state index in [0.29, 0.717) is 6.04 Å². The van der Waals surface area contributed by atoms with Gasteiger partial charge in [-0.1, -0.05) is 35.0 Å². The van der Waals surface area contributed by atoms with E-state index in [1.165, 1.54) is 23.2 Å². The van der Waals surface area contributed by atoms with Crippen LogP contribution in [0.3, 0.4) is 0 Å². The SMILES string of the molecule is CCC1CN(c2ccc(CBr)cc2C)CCN1C. The first-order valence-corrected chi connectivity index (χ1v) is 7.88. The van der Waals surface area contributed by atoms with Gasteiger partial charge in [0, 0.05) is 36.7 Å². The summed E-state index contributed by atoms with van der Waals surface area (Å²) in [4.78, 5) is 5.03. The number of halogens is 1. The van der Waals surface area contributed by atoms with Gasteiger partial charge < -0.3 is 4.90 Å². The van der Waals surface area contributed by atoms with Crippen molar-refractivity contribution >= 4 is 21.6 Å². The van der Waals surface area contributed by atoms with Crippen LogP contribution in [0.1, 0.15) is 24.5 Å². The molecule has 1 aliphatic heterocycles. The van der Waals surface area contributed by atoms with Crippen molar-refractivity contribution in [3.05, 3.63) is 29.3 Å². The summed E-state index contributed by atoms with van der Waals surface area (Å²) in [5.74, 6) is 0. The fourth-order valence-corrected chi connectivity index (χ4v) is 3.11. The van der Waals surface area contributed by atoms with Gasteiger partial charge in [-0.3, -0.25) is 4.90 Å². The van der Waals surface area contributed by atoms with Crippen molar-refractivity contribution in [2.45, 2.75) is 31.6 Å². The molecule has 1 unspecified atom stereocenters. The summed E-state index contributed by atoms with van der Waals surface area (Å²) in [5, 5.41) is 0.939. The largest absolute Gasteiger partial charge is 0.368 e. The highest BCUT2D eigenvalue weighted by atomic mass is 79.9. The Morgan fingerprint density at radius 2 is 2.11 bits per heavy atom. The molecule has 0 N–H and O–H groups in total. The number of benzene rings is 1. The smallest absolute Gasteiger partial charge is 0.0397 e. The first-order valence-electron chi connectivity index (χ1n) is 6.76. The van der Waals surface area contributed by atoms with E-state index in [-0.39, 0.29) is 0 Å². The molecule has 0 aliphatic carbocycles. The third-order valence-electron chi connectivity index (χ3n) is 4.00. The lowest BCUT2D eigenvalue weighted by Gasteiger charge is -2.41. The second-order valence-corrected chi connectivity index (χ2v) is 5.80. The van der Waals surface area contributed by atoms with Gasteiger partial charge in [0.25, 0.3) is 0 Å². The van der Waals surface area contributed by atoms with E-state index in [9.17, 15) is 0 Å². The minimum Gasteiger partial charge on any atom is -0.368 e. The van der Waals surface area contributed by atoms with Crippen molar-refractivity contribution in [1.29, 1.82) is 0 Å². The third-order valence-corrected chi connectivity index (χ3v) is 4.65. The fraction of sp³-hybridized carbons (Fsp3) is 0.600. The zero-order chi connectivity index (χ0) is 13.1. The summed E-state index contributed by atoms with van der Waals surface area (Å²) in [5.41, 5.74) is 4.16. The van der Waals surface area contributed by atoms with E-state index < -0.39 is 0 Å². The van der Waals surface area contributed by atoms with E-state index in [0.717, 1.165) is 25.0 Å². The second kappa shape index (κ2) is 6.07. The Kier molecular flexibility index (Phi) is 4.68. The maximum absolute atomic E-state index is 3.52. The molecule has 1 saturated heterocycles. The number of likely N-dealkylation sites (N-methyl/N-ethyl adjacent to an activating group) is 1. The quantitative estimate of drug-likeness (QED) is 0.789. The molecular formula is C15H23BrN2. The fourth-order valence-electron chi connectivity index (χ4n) is 2.76. The monoisotopic (exact) mass is 310 g/mol. The maximum atomic E-state index is 3.52. The lowest BCUT2D eigenvalue weighted by Crippen LogP contribution is -2.51. The zero-order valence-electron chi connectivity index (χ0n) is 11.6. The Bertz CT molecular complexity index is 405. The number of hydrogen-bond acceptors (Lipinski definition) is 2. The van der Waals surface area contributed by atoms with Crippen molar-refractivity contribution in [3.63, 3.8) is 0 Å². The summed E-state index contributed by atoms with van der Waals surface area (Å²) in [7, 11) is 2.24. The average Bonchev–Trinajstić information content (AvgIpc) is 2.39. The third kappa shape index (κ3) is 2.89. The van der Waals surface area contributed by atoms with Crippen LogP contribution in [0, 0.1) is 6.92 Å². The van der Waals surface area contributed by atoms with Crippen LogP contribution in [0.4, 0.5) is 5.69 Å². The molecule has 18 heavy (non-hydrogen) atoms. The summed E-state index contributed by atoms with van der Waals surface area (Å²) < 4.78 is 0. The predicted molar refractivity (Wildman–Crippen MR) is 82.7 cm³/mol. The van der Waals surface area contributed by atoms with Crippen LogP contribution in [0.5, 0.6) is 0 Å². The summed E-state index contributed by atoms with van der Waals surface area (Å²) in [6.45, 7) is 7.97. The molecule has 0 radical (unpaired) electrons. The molecule has 0 amide bonds. The van der Waals surface area contributed by atoms with Crippen molar-refractivity contribution < 1.29 is 0 Å². The number of piperazine rings is 1. The van der Waals surface area contributed by atoms with Crippen molar-refractivity contribution in [3.8, 4) is 0 Å². The van der Waals surface area contributed by atoms with Gasteiger partial charge in [0.1, 0.15) is 0 Å². The molecule has 1 heterocycles. The Labute approximate surface area is 119 Å². The molecule has 1 atom stereocenters. The highest BCUT2D eigenvalue weighted by Crippen LogP contribution is 2.25. The molecule has 1 aliphatic rings. The molecule has 2 rings (SSSR count). The number of aryl methyl sites for hydroxylation is 1. The van der Waals surface area contributed by atoms with Crippen LogP contribution >= 0.6 is 15.9 Å². The van der Waals surface area contributed by atoms with Crippen LogP contribution in [0.2, 0.25) is 0 Å². The molecule has 1 fully saturated rings. The van der Waals surface area contributed by atoms with Crippen molar-refractivity contribution in [1.82, 2.24) is 4.90 Å². The van der Waals surface area contributed by atoms with Crippen LogP contribution in [-0.4, -0.2) is 37.6 Å². The Morgan fingerprint density at radius 3 is 2.72 bits per heavy atom. The predicted octanol–water partition coefficient (Wildman–Crippen LogP) is 3.42. The molecule has 0 bridgehead atoms. The van der Waals surface area contributed by atoms with Gasteiger partial charge in [0.05, 0.1) is 0 Å². The van der Waals surface area contributed by atoms with E-state index in [2.05, 4.69) is 64.8 Å². The normalized spacial score (nSPS) is 21.3. The lowest BCUT2D eigenvalue weighted by atomic mass is 10.1. The van der Waals surface area contributed by atoms with Gasteiger partial charge in [-0.2, -0.15) is 0 Å². The summed E-state index contributed by atoms with van der Waals surface area (Å²) >= 11 is 3.52. The van der Waals surface area contributed by atoms with Gasteiger partial charge in [0.15, 0.2) is 0 Å². The molecule has 1 aromatic rings. The van der Waals surface area contributed by atoms with Crippen molar-refractivity contribution in [2.24, 2.45) is 0 Å². The van der Waals surface area contributed by atoms with Crippen LogP contribution in [-0.2, 0) is 5.33 Å². The molecule has 0 aromatic heterocycles. The van der Waals surface area contributed by atoms with E-state index in [1.54, 1.807) is 0 Å². The highest BCUT2D eigenvalue weighted by molar-refractivity contribution is 9.08. The first-order chi connectivity index (χ1) is 8.65. The number of alkyl halides is 1. The minimum absolute atomic E-state index is 0.689. The average molecular weight is 311 g/mol. The maximum Gasteiger partial charge on any atom is 0.0397 e. The number of rotatable bonds is 3. The van der Waals surface area contributed by atoms with Crippen LogP contribution < -0.4 is 4.90 Å². The van der Waals surface area contributed by atoms with Gasteiger partial charge in [-0.25, -0.2) is 0 Å². The van der Waals surface area contributed by atoms with Crippen molar-refractivity contribution in [2.75, 3.05) is 31.6 Å². The molecule has 100 valence electrons. The topological polar surface area (TPSA) is 6.48 Å². The number of nitrogens with zero attached hydrogens (tertiary/aromatic N) is 2. The summed E-state index contributed by atoms with van der Waals surface area (Å²) in [6.07, 6.45) is 1.23. The van der Waals surface area contributed by atoms with E-state index in [1.807, 2.05) is 0 Å². The van der Waals surface area contributed by atoms with Crippen LogP contribution in [0.15, 0.2) is 18.2 Å². The molecule has 0 spiro atoms. The van der Waals surface area contributed by atoms with Gasteiger partial charge in [-0.05, 0) is 37.6 Å². The Hall–Kier alpha value is -0.540. The van der Waals surface area contributed by atoms with Gasteiger partial charge >= 0.3 is 0 Å². The second-order valence-electron chi connectivity index (χ2n) is 5.24. The number of hydrogen-bond donors (Lipinski definition) is 0. The van der Waals surface area contributed by atoms with Crippen LogP contribution in [0.25, 0.3) is 0 Å². The van der Waals surface area contributed by atoms with Gasteiger partial charge in [-0.15, -0.1) is 0 Å². The van der Waals surface area contributed by atoms with E-state index in [4.69, 9.17) is 0 Å². The number of anilines is 1. The molecular weight excluding hydrogens is 288 g/mol. The minimum atomic E-state index is 0.689. The van der Waals surface area contributed by atoms with E-state index >= 15 is 0 Å². The first kappa shape index (κ1) is 13.9. The highest BCUT2D eigenvalue weighted by Gasteiger charge is 2.23. The molecule has 1 aromatic carbocycles. The molecule has 3 heteroatoms. The lowest BCUT2D eigenvalue weighted by molar-refractivity contribution is 0.213. The Morgan fingerprint density at radius 1 is 1.33 bits per heavy atom. The molecule has 0 saturated carbocycles. The molecule has 2 nitrogen and oxygen atoms in total. The van der Waals surface area contributed by atoms with Gasteiger partial charge in [0.2, 0.25) is 0 Å². The summed E-state index contributed by atoms with van der Waals surface area (Å²) in [6, 6.07) is 7.50. The standard InChI is InChI=1S/C15H23BrN2/c1-4-14-11-18(8-7-17(14)3)15-6-5-13(10-16)9-12(15)2/h5-6,9,14H,4,7-8,10-11H2,1-3H3.